The Hall–Kier alpha value is -1.94. The summed E-state index contributed by atoms with van der Waals surface area (Å²) >= 11 is 0. The third-order valence-electron chi connectivity index (χ3n) is 19.7. The van der Waals surface area contributed by atoms with Crippen LogP contribution >= 0.6 is 15.6 Å². The molecular formula is C84H164O17P2. The molecule has 0 aliphatic rings. The van der Waals surface area contributed by atoms with Crippen LogP contribution in [0.3, 0.4) is 0 Å². The highest BCUT2D eigenvalue weighted by molar-refractivity contribution is 7.47. The lowest BCUT2D eigenvalue weighted by atomic mass is 10.0. The van der Waals surface area contributed by atoms with E-state index in [1.165, 1.54) is 263 Å². The predicted octanol–water partition coefficient (Wildman–Crippen LogP) is 25.5. The minimum Gasteiger partial charge on any atom is -0.462 e. The minimum atomic E-state index is -4.96. The van der Waals surface area contributed by atoms with E-state index in [4.69, 9.17) is 37.0 Å². The molecule has 612 valence electrons. The SMILES string of the molecule is CCCCCCCCCCCCCCC(=O)O[C@H](COC(=O)CCCCCCCCCCCCC)COP(=O)(O)OC[C@H](O)COP(=O)(O)OC[C@@H](COC(=O)CCCCCCCCCCCCCCCCCCC(C)C)OC(=O)CCCCCCCCCCCCCCCCCCCCC(C)C. The first-order chi connectivity index (χ1) is 49.9. The fourth-order valence-corrected chi connectivity index (χ4v) is 14.6. The standard InChI is InChI=1S/C84H164O17P2/c1-7-9-11-13-15-17-19-37-44-50-56-62-68-83(88)100-79(72-94-81(86)66-60-54-48-42-34-18-16-14-12-10-8-2)74-98-102(90,91)96-70-78(85)71-97-103(92,93)99-75-80(73-95-82(87)67-61-55-49-43-38-32-28-25-24-27-31-36-41-47-53-59-65-77(5)6)101-84(89)69-63-57-51-45-39-33-29-23-21-20-22-26-30-35-40-46-52-58-64-76(3)4/h76-80,85H,7-75H2,1-6H3,(H,90,91)(H,92,93)/t78-,79+,80+/m0/s1. The summed E-state index contributed by atoms with van der Waals surface area (Å²) in [5, 5.41) is 10.7. The van der Waals surface area contributed by atoms with Gasteiger partial charge in [-0.1, -0.05) is 395 Å². The zero-order valence-corrected chi connectivity index (χ0v) is 69.4. The van der Waals surface area contributed by atoms with E-state index in [1.807, 2.05) is 0 Å². The Morgan fingerprint density at radius 3 is 0.660 bits per heavy atom. The van der Waals surface area contributed by atoms with E-state index in [0.717, 1.165) is 102 Å². The molecule has 103 heavy (non-hydrogen) atoms. The normalized spacial score (nSPS) is 13.9. The van der Waals surface area contributed by atoms with E-state index in [2.05, 4.69) is 41.5 Å². The van der Waals surface area contributed by atoms with Crippen molar-refractivity contribution in [2.24, 2.45) is 11.8 Å². The Labute approximate surface area is 632 Å². The first-order valence-corrected chi connectivity index (χ1v) is 46.5. The average molecular weight is 1510 g/mol. The van der Waals surface area contributed by atoms with Gasteiger partial charge < -0.3 is 33.8 Å². The smallest absolute Gasteiger partial charge is 0.462 e. The first-order valence-electron chi connectivity index (χ1n) is 43.5. The molecule has 2 unspecified atom stereocenters. The fraction of sp³-hybridized carbons (Fsp3) is 0.952. The molecule has 0 aromatic rings. The summed E-state index contributed by atoms with van der Waals surface area (Å²) in [6.45, 7) is 9.72. The second-order valence-electron chi connectivity index (χ2n) is 31.2. The van der Waals surface area contributed by atoms with Gasteiger partial charge in [-0.3, -0.25) is 37.3 Å². The average Bonchev–Trinajstić information content (AvgIpc) is 0.917. The van der Waals surface area contributed by atoms with Crippen LogP contribution in [0.15, 0.2) is 0 Å². The topological polar surface area (TPSA) is 237 Å². The van der Waals surface area contributed by atoms with Crippen molar-refractivity contribution in [2.45, 2.75) is 464 Å². The molecule has 0 heterocycles. The zero-order chi connectivity index (χ0) is 75.6. The van der Waals surface area contributed by atoms with E-state index >= 15 is 0 Å². The van der Waals surface area contributed by atoms with Crippen LogP contribution in [0.5, 0.6) is 0 Å². The molecule has 0 aromatic heterocycles. The van der Waals surface area contributed by atoms with Crippen molar-refractivity contribution in [1.82, 2.24) is 0 Å². The molecule has 0 aliphatic carbocycles. The summed E-state index contributed by atoms with van der Waals surface area (Å²) in [4.78, 5) is 73.1. The highest BCUT2D eigenvalue weighted by atomic mass is 31.2. The van der Waals surface area contributed by atoms with Gasteiger partial charge in [0, 0.05) is 25.7 Å². The molecule has 0 spiro atoms. The number of phosphoric acid groups is 2. The Morgan fingerprint density at radius 2 is 0.447 bits per heavy atom. The molecule has 0 rings (SSSR count). The number of esters is 4. The summed E-state index contributed by atoms with van der Waals surface area (Å²) in [7, 11) is -9.92. The third kappa shape index (κ3) is 78.0. The molecule has 0 saturated heterocycles. The van der Waals surface area contributed by atoms with Gasteiger partial charge in [0.25, 0.3) is 0 Å². The van der Waals surface area contributed by atoms with Crippen molar-refractivity contribution in [2.75, 3.05) is 39.6 Å². The Kier molecular flexibility index (Phi) is 74.1. The van der Waals surface area contributed by atoms with Crippen LogP contribution in [-0.2, 0) is 65.4 Å². The van der Waals surface area contributed by atoms with Crippen molar-refractivity contribution in [3.63, 3.8) is 0 Å². The van der Waals surface area contributed by atoms with Crippen LogP contribution in [0, 0.1) is 11.8 Å². The van der Waals surface area contributed by atoms with Gasteiger partial charge in [0.2, 0.25) is 0 Å². The highest BCUT2D eigenvalue weighted by Crippen LogP contribution is 2.45. The molecule has 5 atom stereocenters. The molecule has 0 amide bonds. The summed E-state index contributed by atoms with van der Waals surface area (Å²) in [5.74, 6) is -0.470. The van der Waals surface area contributed by atoms with Crippen LogP contribution in [0.2, 0.25) is 0 Å². The molecule has 19 heteroatoms. The second kappa shape index (κ2) is 75.5. The number of aliphatic hydroxyl groups is 1. The number of phosphoric ester groups is 2. The Morgan fingerprint density at radius 1 is 0.262 bits per heavy atom. The van der Waals surface area contributed by atoms with Crippen molar-refractivity contribution < 1.29 is 80.2 Å². The second-order valence-corrected chi connectivity index (χ2v) is 34.1. The van der Waals surface area contributed by atoms with Crippen LogP contribution in [-0.4, -0.2) is 96.7 Å². The van der Waals surface area contributed by atoms with Gasteiger partial charge in [0.15, 0.2) is 12.2 Å². The van der Waals surface area contributed by atoms with Crippen molar-refractivity contribution in [3.8, 4) is 0 Å². The number of unbranched alkanes of at least 4 members (excludes halogenated alkanes) is 53. The summed E-state index contributed by atoms with van der Waals surface area (Å²) < 4.78 is 68.8. The van der Waals surface area contributed by atoms with Crippen LogP contribution in [0.1, 0.15) is 446 Å². The summed E-state index contributed by atoms with van der Waals surface area (Å²) in [6, 6.07) is 0. The van der Waals surface area contributed by atoms with E-state index in [-0.39, 0.29) is 25.7 Å². The van der Waals surface area contributed by atoms with Crippen LogP contribution in [0.25, 0.3) is 0 Å². The number of aliphatic hydroxyl groups excluding tert-OH is 1. The van der Waals surface area contributed by atoms with Crippen molar-refractivity contribution in [3.05, 3.63) is 0 Å². The third-order valence-corrected chi connectivity index (χ3v) is 21.6. The lowest BCUT2D eigenvalue weighted by Gasteiger charge is -2.21. The number of ether oxygens (including phenoxy) is 4. The lowest BCUT2D eigenvalue weighted by Crippen LogP contribution is -2.30. The van der Waals surface area contributed by atoms with Gasteiger partial charge in [-0.15, -0.1) is 0 Å². The molecule has 0 aliphatic heterocycles. The maximum Gasteiger partial charge on any atom is 0.472 e. The largest absolute Gasteiger partial charge is 0.472 e. The lowest BCUT2D eigenvalue weighted by molar-refractivity contribution is -0.161. The molecule has 17 nitrogen and oxygen atoms in total. The Bertz CT molecular complexity index is 1980. The van der Waals surface area contributed by atoms with Gasteiger partial charge >= 0.3 is 39.5 Å². The van der Waals surface area contributed by atoms with E-state index < -0.39 is 97.5 Å². The number of rotatable bonds is 83. The summed E-state index contributed by atoms with van der Waals surface area (Å²) in [5.41, 5.74) is 0. The van der Waals surface area contributed by atoms with Gasteiger partial charge in [-0.2, -0.15) is 0 Å². The monoisotopic (exact) mass is 1510 g/mol. The summed E-state index contributed by atoms with van der Waals surface area (Å²) in [6.07, 6.45) is 66.6. The fourth-order valence-electron chi connectivity index (χ4n) is 13.1. The quantitative estimate of drug-likeness (QED) is 0.0222. The number of carbonyl (C=O) groups is 4. The van der Waals surface area contributed by atoms with Gasteiger partial charge in [0.05, 0.1) is 26.4 Å². The molecule has 3 N–H and O–H groups in total. The minimum absolute atomic E-state index is 0.108. The maximum absolute atomic E-state index is 13.1. The predicted molar refractivity (Wildman–Crippen MR) is 423 cm³/mol. The zero-order valence-electron chi connectivity index (χ0n) is 67.6. The molecule has 0 aromatic carbocycles. The highest BCUT2D eigenvalue weighted by Gasteiger charge is 2.30. The van der Waals surface area contributed by atoms with Gasteiger partial charge in [-0.25, -0.2) is 9.13 Å². The van der Waals surface area contributed by atoms with Crippen LogP contribution in [0.4, 0.5) is 0 Å². The molecule has 0 saturated carbocycles. The van der Waals surface area contributed by atoms with E-state index in [9.17, 15) is 43.2 Å². The van der Waals surface area contributed by atoms with Crippen molar-refractivity contribution >= 4 is 39.5 Å². The number of hydrogen-bond acceptors (Lipinski definition) is 15. The maximum atomic E-state index is 13.1. The molecular weight excluding hydrogens is 1340 g/mol. The number of carbonyl (C=O) groups excluding carboxylic acids is 4. The molecule has 0 bridgehead atoms. The van der Waals surface area contributed by atoms with Crippen LogP contribution < -0.4 is 0 Å². The Balaban J connectivity index is 5.22. The van der Waals surface area contributed by atoms with E-state index in [0.29, 0.717) is 25.7 Å². The molecule has 0 fully saturated rings. The number of hydrogen-bond donors (Lipinski definition) is 3. The van der Waals surface area contributed by atoms with Gasteiger partial charge in [0.1, 0.15) is 19.3 Å². The van der Waals surface area contributed by atoms with E-state index in [1.54, 1.807) is 0 Å². The van der Waals surface area contributed by atoms with Crippen molar-refractivity contribution in [1.29, 1.82) is 0 Å². The first kappa shape index (κ1) is 101. The van der Waals surface area contributed by atoms with Gasteiger partial charge in [-0.05, 0) is 37.5 Å². The molecule has 0 radical (unpaired) electrons.